The Labute approximate surface area is 115 Å². The number of ketones is 2. The fourth-order valence-corrected chi connectivity index (χ4v) is 2.37. The highest BCUT2D eigenvalue weighted by Crippen LogP contribution is 2.25. The number of benzene rings is 2. The average Bonchev–Trinajstić information content (AvgIpc) is 2.48. The number of fused-ring (bicyclic) bond motifs is 2. The molecule has 0 spiro atoms. The third kappa shape index (κ3) is 2.00. The minimum atomic E-state index is -0.209. The minimum Gasteiger partial charge on any atom is -0.395 e. The quantitative estimate of drug-likeness (QED) is 0.888. The molecule has 1 aliphatic rings. The maximum absolute atomic E-state index is 12.3. The standard InChI is InChI=1S/C16H13NO3/c18-6-5-17-14-9-15(19)12-7-10-3-1-2-4-11(10)8-13(12)16(14)20/h1-4,7-9,17-18H,5-6H2. The van der Waals surface area contributed by atoms with E-state index in [-0.39, 0.29) is 30.4 Å². The zero-order valence-corrected chi connectivity index (χ0v) is 10.7. The number of allylic oxidation sites excluding steroid dienone is 2. The number of hydrogen-bond acceptors (Lipinski definition) is 4. The molecule has 3 rings (SSSR count). The minimum absolute atomic E-state index is 0.0939. The number of carbonyl (C=O) groups excluding carboxylic acids is 2. The van der Waals surface area contributed by atoms with Crippen molar-refractivity contribution in [3.05, 3.63) is 59.3 Å². The zero-order chi connectivity index (χ0) is 14.1. The molecule has 0 unspecified atom stereocenters. The summed E-state index contributed by atoms with van der Waals surface area (Å²) in [5.41, 5.74) is 1.09. The van der Waals surface area contributed by atoms with Crippen LogP contribution < -0.4 is 5.32 Å². The molecule has 1 aliphatic carbocycles. The molecule has 0 atom stereocenters. The van der Waals surface area contributed by atoms with E-state index in [9.17, 15) is 9.59 Å². The van der Waals surface area contributed by atoms with Crippen LogP contribution in [-0.4, -0.2) is 29.8 Å². The summed E-state index contributed by atoms with van der Waals surface area (Å²) in [4.78, 5) is 24.5. The van der Waals surface area contributed by atoms with E-state index in [4.69, 9.17) is 5.11 Å². The maximum atomic E-state index is 12.3. The van der Waals surface area contributed by atoms with Crippen LogP contribution in [-0.2, 0) is 0 Å². The monoisotopic (exact) mass is 267 g/mol. The molecule has 0 aromatic heterocycles. The highest BCUT2D eigenvalue weighted by atomic mass is 16.3. The first-order valence-electron chi connectivity index (χ1n) is 6.39. The van der Waals surface area contributed by atoms with Gasteiger partial charge in [0.1, 0.15) is 0 Å². The van der Waals surface area contributed by atoms with Crippen molar-refractivity contribution in [3.8, 4) is 0 Å². The Morgan fingerprint density at radius 2 is 1.65 bits per heavy atom. The summed E-state index contributed by atoms with van der Waals surface area (Å²) in [5, 5.41) is 13.4. The Morgan fingerprint density at radius 3 is 2.30 bits per heavy atom. The molecular weight excluding hydrogens is 254 g/mol. The van der Waals surface area contributed by atoms with Gasteiger partial charge in [-0.25, -0.2) is 0 Å². The third-order valence-corrected chi connectivity index (χ3v) is 3.34. The molecule has 20 heavy (non-hydrogen) atoms. The van der Waals surface area contributed by atoms with E-state index in [1.54, 1.807) is 12.1 Å². The predicted octanol–water partition coefficient (Wildman–Crippen LogP) is 1.68. The summed E-state index contributed by atoms with van der Waals surface area (Å²) < 4.78 is 0. The first-order valence-corrected chi connectivity index (χ1v) is 6.39. The van der Waals surface area contributed by atoms with Crippen molar-refractivity contribution in [2.45, 2.75) is 0 Å². The van der Waals surface area contributed by atoms with Crippen molar-refractivity contribution in [2.75, 3.05) is 13.2 Å². The van der Waals surface area contributed by atoms with Gasteiger partial charge in [-0.15, -0.1) is 0 Å². The predicted molar refractivity (Wildman–Crippen MR) is 75.8 cm³/mol. The van der Waals surface area contributed by atoms with Gasteiger partial charge in [0.05, 0.1) is 12.3 Å². The lowest BCUT2D eigenvalue weighted by Crippen LogP contribution is -2.28. The van der Waals surface area contributed by atoms with Gasteiger partial charge < -0.3 is 10.4 Å². The van der Waals surface area contributed by atoms with Crippen molar-refractivity contribution in [2.24, 2.45) is 0 Å². The lowest BCUT2D eigenvalue weighted by atomic mass is 9.90. The van der Waals surface area contributed by atoms with Crippen LogP contribution in [0, 0.1) is 0 Å². The second kappa shape index (κ2) is 4.90. The average molecular weight is 267 g/mol. The molecule has 0 heterocycles. The number of aliphatic hydroxyl groups excluding tert-OH is 1. The molecule has 2 N–H and O–H groups in total. The zero-order valence-electron chi connectivity index (χ0n) is 10.7. The van der Waals surface area contributed by atoms with Gasteiger partial charge in [-0.1, -0.05) is 24.3 Å². The van der Waals surface area contributed by atoms with Gasteiger partial charge in [-0.05, 0) is 22.9 Å². The number of carbonyl (C=O) groups is 2. The molecule has 0 aliphatic heterocycles. The highest BCUT2D eigenvalue weighted by Gasteiger charge is 2.25. The molecule has 100 valence electrons. The Balaban J connectivity index is 2.11. The van der Waals surface area contributed by atoms with Crippen LogP contribution in [0.2, 0.25) is 0 Å². The van der Waals surface area contributed by atoms with Gasteiger partial charge in [0.15, 0.2) is 5.78 Å². The van der Waals surface area contributed by atoms with Crippen molar-refractivity contribution in [1.82, 2.24) is 5.32 Å². The van der Waals surface area contributed by atoms with Crippen LogP contribution >= 0.6 is 0 Å². The summed E-state index contributed by atoms with van der Waals surface area (Å²) in [7, 11) is 0. The Bertz CT molecular complexity index is 746. The van der Waals surface area contributed by atoms with E-state index in [2.05, 4.69) is 5.32 Å². The van der Waals surface area contributed by atoms with Gasteiger partial charge in [-0.2, -0.15) is 0 Å². The summed E-state index contributed by atoms with van der Waals surface area (Å²) in [6, 6.07) is 11.1. The van der Waals surface area contributed by atoms with Crippen molar-refractivity contribution < 1.29 is 14.7 Å². The van der Waals surface area contributed by atoms with Crippen LogP contribution in [0.5, 0.6) is 0 Å². The first kappa shape index (κ1) is 12.6. The maximum Gasteiger partial charge on any atom is 0.209 e. The third-order valence-electron chi connectivity index (χ3n) is 3.34. The molecule has 0 saturated carbocycles. The van der Waals surface area contributed by atoms with Gasteiger partial charge in [0.2, 0.25) is 5.78 Å². The van der Waals surface area contributed by atoms with E-state index in [0.717, 1.165) is 10.8 Å². The van der Waals surface area contributed by atoms with E-state index >= 15 is 0 Å². The van der Waals surface area contributed by atoms with Gasteiger partial charge in [-0.3, -0.25) is 9.59 Å². The summed E-state index contributed by atoms with van der Waals surface area (Å²) in [6.07, 6.45) is 1.30. The summed E-state index contributed by atoms with van der Waals surface area (Å²) in [6.45, 7) is 0.150. The molecule has 4 heteroatoms. The lowest BCUT2D eigenvalue weighted by molar-refractivity contribution is 0.0977. The molecule has 0 amide bonds. The van der Waals surface area contributed by atoms with E-state index in [1.165, 1.54) is 6.08 Å². The summed E-state index contributed by atoms with van der Waals surface area (Å²) in [5.74, 6) is -0.399. The number of aliphatic hydroxyl groups is 1. The molecule has 0 bridgehead atoms. The fourth-order valence-electron chi connectivity index (χ4n) is 2.37. The van der Waals surface area contributed by atoms with Crippen molar-refractivity contribution in [1.29, 1.82) is 0 Å². The van der Waals surface area contributed by atoms with Gasteiger partial charge >= 0.3 is 0 Å². The van der Waals surface area contributed by atoms with Gasteiger partial charge in [0, 0.05) is 23.7 Å². The van der Waals surface area contributed by atoms with Crippen molar-refractivity contribution >= 4 is 22.3 Å². The molecular formula is C16H13NO3. The summed E-state index contributed by atoms with van der Waals surface area (Å²) >= 11 is 0. The van der Waals surface area contributed by atoms with Crippen molar-refractivity contribution in [3.63, 3.8) is 0 Å². The molecule has 2 aromatic carbocycles. The number of hydrogen-bond donors (Lipinski definition) is 2. The van der Waals surface area contributed by atoms with Crippen LogP contribution in [0.4, 0.5) is 0 Å². The second-order valence-electron chi connectivity index (χ2n) is 4.65. The first-order chi connectivity index (χ1) is 9.70. The molecule has 0 saturated heterocycles. The lowest BCUT2D eigenvalue weighted by Gasteiger charge is -2.17. The Hall–Kier alpha value is -2.46. The molecule has 0 radical (unpaired) electrons. The van der Waals surface area contributed by atoms with Gasteiger partial charge in [0.25, 0.3) is 0 Å². The van der Waals surface area contributed by atoms with Crippen LogP contribution in [0.3, 0.4) is 0 Å². The van der Waals surface area contributed by atoms with E-state index in [1.807, 2.05) is 24.3 Å². The highest BCUT2D eigenvalue weighted by molar-refractivity contribution is 6.25. The molecule has 2 aromatic rings. The van der Waals surface area contributed by atoms with E-state index in [0.29, 0.717) is 11.1 Å². The number of nitrogens with one attached hydrogen (secondary N) is 1. The number of Topliss-reactive ketones (excluding diaryl/α,β-unsaturated/α-hetero) is 1. The topological polar surface area (TPSA) is 66.4 Å². The van der Waals surface area contributed by atoms with Crippen LogP contribution in [0.15, 0.2) is 48.2 Å². The molecule has 0 fully saturated rings. The van der Waals surface area contributed by atoms with Crippen LogP contribution in [0.25, 0.3) is 10.8 Å². The number of rotatable bonds is 3. The molecule has 4 nitrogen and oxygen atoms in total. The van der Waals surface area contributed by atoms with E-state index < -0.39 is 0 Å². The fraction of sp³-hybridized carbons (Fsp3) is 0.125. The smallest absolute Gasteiger partial charge is 0.209 e. The normalized spacial score (nSPS) is 14.2. The largest absolute Gasteiger partial charge is 0.395 e. The Kier molecular flexibility index (Phi) is 3.08. The van der Waals surface area contributed by atoms with Crippen LogP contribution in [0.1, 0.15) is 20.7 Å². The second-order valence-corrected chi connectivity index (χ2v) is 4.65. The SMILES string of the molecule is O=C1C=C(NCCO)C(=O)c2cc3ccccc3cc21. The Morgan fingerprint density at radius 1 is 1.00 bits per heavy atom.